The quantitative estimate of drug-likeness (QED) is 0.764. The number of allylic oxidation sites excluding steroid dienone is 2. The summed E-state index contributed by atoms with van der Waals surface area (Å²) >= 11 is 0. The Morgan fingerprint density at radius 3 is 2.88 bits per heavy atom. The molecule has 0 aromatic carbocycles. The van der Waals surface area contributed by atoms with Crippen LogP contribution in [0.5, 0.6) is 0 Å². The van der Waals surface area contributed by atoms with Crippen molar-refractivity contribution in [3.63, 3.8) is 0 Å². The molecule has 4 nitrogen and oxygen atoms in total. The molecule has 1 aromatic rings. The highest BCUT2D eigenvalue weighted by Gasteiger charge is 2.28. The number of carbonyl (C=O) groups excluding carboxylic acids is 1. The standard InChI is InChI=1S/C13H16N2O2/c16-13(12-6-3-7-17-12)11-8-14-9-4-1-2-5-10(9)15-11/h3,6-7,11,14-15H,1-2,4-5,8H2. The molecule has 90 valence electrons. The van der Waals surface area contributed by atoms with Crippen molar-refractivity contribution in [2.24, 2.45) is 0 Å². The van der Waals surface area contributed by atoms with E-state index in [0.29, 0.717) is 12.3 Å². The van der Waals surface area contributed by atoms with Gasteiger partial charge in [-0.15, -0.1) is 0 Å². The Hall–Kier alpha value is -1.71. The number of ketones is 1. The van der Waals surface area contributed by atoms with Gasteiger partial charge in [0.1, 0.15) is 6.04 Å². The highest BCUT2D eigenvalue weighted by atomic mass is 16.3. The van der Waals surface area contributed by atoms with E-state index in [1.54, 1.807) is 12.1 Å². The Bertz CT molecular complexity index is 448. The Kier molecular flexibility index (Phi) is 2.63. The molecule has 0 fully saturated rings. The minimum Gasteiger partial charge on any atom is -0.461 e. The summed E-state index contributed by atoms with van der Waals surface area (Å²) in [5, 5.41) is 6.72. The van der Waals surface area contributed by atoms with Gasteiger partial charge in [-0.25, -0.2) is 0 Å². The van der Waals surface area contributed by atoms with Crippen LogP contribution in [0.1, 0.15) is 36.2 Å². The van der Waals surface area contributed by atoms with Crippen molar-refractivity contribution in [3.05, 3.63) is 35.6 Å². The third kappa shape index (κ3) is 1.95. The largest absolute Gasteiger partial charge is 0.461 e. The highest BCUT2D eigenvalue weighted by molar-refractivity contribution is 5.98. The fourth-order valence-electron chi connectivity index (χ4n) is 2.50. The van der Waals surface area contributed by atoms with Crippen LogP contribution in [0, 0.1) is 0 Å². The molecule has 1 aliphatic heterocycles. The minimum absolute atomic E-state index is 0.0274. The van der Waals surface area contributed by atoms with Crippen LogP contribution >= 0.6 is 0 Å². The van der Waals surface area contributed by atoms with Gasteiger partial charge in [0.15, 0.2) is 5.76 Å². The number of hydrogen-bond donors (Lipinski definition) is 2. The zero-order chi connectivity index (χ0) is 11.7. The summed E-state index contributed by atoms with van der Waals surface area (Å²) in [6.07, 6.45) is 6.13. The molecule has 2 aliphatic rings. The predicted molar refractivity (Wildman–Crippen MR) is 63.5 cm³/mol. The molecule has 1 aliphatic carbocycles. The van der Waals surface area contributed by atoms with Crippen molar-refractivity contribution < 1.29 is 9.21 Å². The lowest BCUT2D eigenvalue weighted by Crippen LogP contribution is -2.49. The van der Waals surface area contributed by atoms with Gasteiger partial charge in [0.2, 0.25) is 5.78 Å². The summed E-state index contributed by atoms with van der Waals surface area (Å²) in [5.41, 5.74) is 2.51. The van der Waals surface area contributed by atoms with Crippen LogP contribution in [0.3, 0.4) is 0 Å². The fourth-order valence-corrected chi connectivity index (χ4v) is 2.50. The summed E-state index contributed by atoms with van der Waals surface area (Å²) in [7, 11) is 0. The molecule has 2 N–H and O–H groups in total. The van der Waals surface area contributed by atoms with Crippen LogP contribution in [0.2, 0.25) is 0 Å². The molecule has 4 heteroatoms. The second kappa shape index (κ2) is 4.28. The second-order valence-corrected chi connectivity index (χ2v) is 4.58. The maximum absolute atomic E-state index is 12.1. The monoisotopic (exact) mass is 232 g/mol. The van der Waals surface area contributed by atoms with Crippen molar-refractivity contribution in [1.82, 2.24) is 10.6 Å². The SMILES string of the molecule is O=C(c1ccco1)C1CNC2=C(CCCC2)N1. The van der Waals surface area contributed by atoms with Gasteiger partial charge in [-0.3, -0.25) is 4.79 Å². The molecule has 1 unspecified atom stereocenters. The Balaban J connectivity index is 1.75. The van der Waals surface area contributed by atoms with E-state index in [1.165, 1.54) is 30.5 Å². The normalized spacial score (nSPS) is 23.6. The van der Waals surface area contributed by atoms with E-state index >= 15 is 0 Å². The van der Waals surface area contributed by atoms with Crippen LogP contribution in [-0.2, 0) is 0 Å². The smallest absolute Gasteiger partial charge is 0.221 e. The first-order chi connectivity index (χ1) is 8.34. The topological polar surface area (TPSA) is 54.3 Å². The lowest BCUT2D eigenvalue weighted by molar-refractivity contribution is 0.0915. The van der Waals surface area contributed by atoms with E-state index in [-0.39, 0.29) is 11.8 Å². The molecule has 0 saturated heterocycles. The third-order valence-corrected chi connectivity index (χ3v) is 3.42. The number of furan rings is 1. The van der Waals surface area contributed by atoms with Crippen LogP contribution in [0.25, 0.3) is 0 Å². The summed E-state index contributed by atoms with van der Waals surface area (Å²) < 4.78 is 5.15. The van der Waals surface area contributed by atoms with Crippen LogP contribution in [-0.4, -0.2) is 18.4 Å². The number of hydrogen-bond acceptors (Lipinski definition) is 4. The summed E-state index contributed by atoms with van der Waals surface area (Å²) in [6.45, 7) is 0.651. The average molecular weight is 232 g/mol. The van der Waals surface area contributed by atoms with Gasteiger partial charge in [0, 0.05) is 17.9 Å². The van der Waals surface area contributed by atoms with Gasteiger partial charge in [0.05, 0.1) is 6.26 Å². The molecular formula is C13H16N2O2. The lowest BCUT2D eigenvalue weighted by atomic mass is 9.97. The first-order valence-electron chi connectivity index (χ1n) is 6.15. The highest BCUT2D eigenvalue weighted by Crippen LogP contribution is 2.24. The van der Waals surface area contributed by atoms with Gasteiger partial charge < -0.3 is 15.1 Å². The maximum atomic E-state index is 12.1. The molecule has 0 spiro atoms. The van der Waals surface area contributed by atoms with Gasteiger partial charge in [-0.1, -0.05) is 0 Å². The Morgan fingerprint density at radius 2 is 2.12 bits per heavy atom. The number of Topliss-reactive ketones (excluding diaryl/α,β-unsaturated/α-hetero) is 1. The zero-order valence-electron chi connectivity index (χ0n) is 9.66. The molecule has 1 atom stereocenters. The van der Waals surface area contributed by atoms with E-state index in [2.05, 4.69) is 10.6 Å². The first-order valence-corrected chi connectivity index (χ1v) is 6.15. The van der Waals surface area contributed by atoms with Crippen molar-refractivity contribution >= 4 is 5.78 Å². The number of rotatable bonds is 2. The van der Waals surface area contributed by atoms with Crippen molar-refractivity contribution in [3.8, 4) is 0 Å². The van der Waals surface area contributed by atoms with Crippen LogP contribution < -0.4 is 10.6 Å². The van der Waals surface area contributed by atoms with Gasteiger partial charge in [-0.05, 0) is 37.8 Å². The summed E-state index contributed by atoms with van der Waals surface area (Å²) in [6, 6.07) is 3.27. The lowest BCUT2D eigenvalue weighted by Gasteiger charge is -2.32. The fraction of sp³-hybridized carbons (Fsp3) is 0.462. The predicted octanol–water partition coefficient (Wildman–Crippen LogP) is 1.81. The molecule has 1 aromatic heterocycles. The van der Waals surface area contributed by atoms with Gasteiger partial charge >= 0.3 is 0 Å². The molecule has 0 radical (unpaired) electrons. The van der Waals surface area contributed by atoms with E-state index in [0.717, 1.165) is 12.8 Å². The Morgan fingerprint density at radius 1 is 1.29 bits per heavy atom. The molecule has 2 heterocycles. The van der Waals surface area contributed by atoms with Crippen molar-refractivity contribution in [2.45, 2.75) is 31.7 Å². The Labute approximate surface area is 100 Å². The maximum Gasteiger partial charge on any atom is 0.221 e. The molecule has 0 saturated carbocycles. The van der Waals surface area contributed by atoms with Crippen molar-refractivity contribution in [2.75, 3.05) is 6.54 Å². The summed E-state index contributed by atoms with van der Waals surface area (Å²) in [5.74, 6) is 0.462. The minimum atomic E-state index is -0.196. The van der Waals surface area contributed by atoms with E-state index < -0.39 is 0 Å². The van der Waals surface area contributed by atoms with E-state index in [4.69, 9.17) is 4.42 Å². The summed E-state index contributed by atoms with van der Waals surface area (Å²) in [4.78, 5) is 12.1. The molecule has 0 bridgehead atoms. The van der Waals surface area contributed by atoms with Gasteiger partial charge in [-0.2, -0.15) is 0 Å². The second-order valence-electron chi connectivity index (χ2n) is 4.58. The third-order valence-electron chi connectivity index (χ3n) is 3.42. The first kappa shape index (κ1) is 10.4. The molecule has 0 amide bonds. The molecular weight excluding hydrogens is 216 g/mol. The van der Waals surface area contributed by atoms with Crippen LogP contribution in [0.4, 0.5) is 0 Å². The molecule has 3 rings (SSSR count). The number of carbonyl (C=O) groups is 1. The van der Waals surface area contributed by atoms with E-state index in [9.17, 15) is 4.79 Å². The van der Waals surface area contributed by atoms with Gasteiger partial charge in [0.25, 0.3) is 0 Å². The number of nitrogens with one attached hydrogen (secondary N) is 2. The van der Waals surface area contributed by atoms with E-state index in [1.807, 2.05) is 0 Å². The van der Waals surface area contributed by atoms with Crippen LogP contribution in [0.15, 0.2) is 34.2 Å². The average Bonchev–Trinajstić information content (AvgIpc) is 2.91. The molecule has 17 heavy (non-hydrogen) atoms. The zero-order valence-corrected chi connectivity index (χ0v) is 9.66. The van der Waals surface area contributed by atoms with Crippen molar-refractivity contribution in [1.29, 1.82) is 0 Å².